The Bertz CT molecular complexity index is 364. The van der Waals surface area contributed by atoms with Crippen molar-refractivity contribution in [3.8, 4) is 0 Å². The van der Waals surface area contributed by atoms with Gasteiger partial charge < -0.3 is 4.74 Å². The maximum absolute atomic E-state index is 12.9. The van der Waals surface area contributed by atoms with Crippen molar-refractivity contribution in [3.05, 3.63) is 0 Å². The Morgan fingerprint density at radius 1 is 1.25 bits per heavy atom. The summed E-state index contributed by atoms with van der Waals surface area (Å²) in [6, 6.07) is 0. The van der Waals surface area contributed by atoms with Crippen LogP contribution in [-0.4, -0.2) is 42.5 Å². The molecular weight excluding hydrogens is 250 g/mol. The molecule has 1 saturated heterocycles. The van der Waals surface area contributed by atoms with Gasteiger partial charge in [0, 0.05) is 19.5 Å². The van der Waals surface area contributed by atoms with Gasteiger partial charge in [-0.2, -0.15) is 0 Å². The highest BCUT2D eigenvalue weighted by Gasteiger charge is 2.44. The molecule has 3 nitrogen and oxygen atoms in total. The summed E-state index contributed by atoms with van der Waals surface area (Å²) in [5.74, 6) is 2.97. The van der Waals surface area contributed by atoms with Crippen molar-refractivity contribution >= 4 is 5.78 Å². The van der Waals surface area contributed by atoms with Crippen LogP contribution in [0.1, 0.15) is 52.4 Å². The largest absolute Gasteiger partial charge is 0.379 e. The zero-order valence-corrected chi connectivity index (χ0v) is 13.1. The Hall–Kier alpha value is -0.410. The van der Waals surface area contributed by atoms with Gasteiger partial charge in [-0.25, -0.2) is 0 Å². The molecule has 0 N–H and O–H groups in total. The number of ketones is 1. The van der Waals surface area contributed by atoms with Gasteiger partial charge in [-0.3, -0.25) is 9.69 Å². The summed E-state index contributed by atoms with van der Waals surface area (Å²) in [5.41, 5.74) is -0.258. The second-order valence-corrected chi connectivity index (χ2v) is 7.29. The van der Waals surface area contributed by atoms with Gasteiger partial charge in [0.15, 0.2) is 5.78 Å². The van der Waals surface area contributed by atoms with Crippen LogP contribution in [0.25, 0.3) is 0 Å². The minimum atomic E-state index is -0.258. The van der Waals surface area contributed by atoms with Gasteiger partial charge in [0.2, 0.25) is 0 Å². The van der Waals surface area contributed by atoms with Crippen LogP contribution in [0, 0.1) is 17.8 Å². The molecule has 4 unspecified atom stereocenters. The second-order valence-electron chi connectivity index (χ2n) is 7.29. The van der Waals surface area contributed by atoms with Crippen molar-refractivity contribution in [2.24, 2.45) is 17.8 Å². The number of rotatable bonds is 5. The fourth-order valence-corrected chi connectivity index (χ4v) is 4.74. The summed E-state index contributed by atoms with van der Waals surface area (Å²) in [5, 5.41) is 0. The molecule has 3 heteroatoms. The average Bonchev–Trinajstić information content (AvgIpc) is 3.09. The zero-order chi connectivity index (χ0) is 14.2. The van der Waals surface area contributed by atoms with Crippen molar-refractivity contribution < 1.29 is 9.53 Å². The molecule has 0 aromatic carbocycles. The molecule has 0 aromatic heterocycles. The molecule has 114 valence electrons. The highest BCUT2D eigenvalue weighted by Crippen LogP contribution is 2.50. The number of fused-ring (bicyclic) bond motifs is 2. The molecule has 20 heavy (non-hydrogen) atoms. The molecule has 4 atom stereocenters. The van der Waals surface area contributed by atoms with Crippen molar-refractivity contribution in [2.75, 3.05) is 26.3 Å². The minimum absolute atomic E-state index is 0.258. The molecule has 1 aliphatic heterocycles. The molecule has 2 aliphatic carbocycles. The monoisotopic (exact) mass is 279 g/mol. The first-order valence-electron chi connectivity index (χ1n) is 8.49. The van der Waals surface area contributed by atoms with Crippen molar-refractivity contribution in [1.82, 2.24) is 4.90 Å². The van der Waals surface area contributed by atoms with Crippen molar-refractivity contribution in [2.45, 2.75) is 57.9 Å². The zero-order valence-electron chi connectivity index (χ0n) is 13.1. The van der Waals surface area contributed by atoms with Crippen LogP contribution in [-0.2, 0) is 9.53 Å². The summed E-state index contributed by atoms with van der Waals surface area (Å²) >= 11 is 0. The molecule has 2 bridgehead atoms. The molecule has 3 rings (SSSR count). The first-order chi connectivity index (χ1) is 9.63. The molecule has 0 aromatic rings. The van der Waals surface area contributed by atoms with Crippen LogP contribution in [0.3, 0.4) is 0 Å². The molecule has 0 spiro atoms. The predicted molar refractivity (Wildman–Crippen MR) is 79.7 cm³/mol. The Balaban J connectivity index is 1.64. The molecule has 1 heterocycles. The Morgan fingerprint density at radius 3 is 2.55 bits per heavy atom. The van der Waals surface area contributed by atoms with E-state index in [2.05, 4.69) is 18.7 Å². The number of ether oxygens (including phenoxy) is 1. The third kappa shape index (κ3) is 2.55. The van der Waals surface area contributed by atoms with Crippen LogP contribution in [0.5, 0.6) is 0 Å². The third-order valence-electron chi connectivity index (χ3n) is 6.33. The van der Waals surface area contributed by atoms with E-state index in [0.717, 1.165) is 51.0 Å². The van der Waals surface area contributed by atoms with Gasteiger partial charge in [0.1, 0.15) is 0 Å². The van der Waals surface area contributed by atoms with Crippen LogP contribution in [0.2, 0.25) is 0 Å². The van der Waals surface area contributed by atoms with E-state index in [1.54, 1.807) is 0 Å². The third-order valence-corrected chi connectivity index (χ3v) is 6.33. The number of carbonyl (C=O) groups excluding carboxylic acids is 1. The predicted octanol–water partition coefficient (Wildman–Crippen LogP) is 2.88. The summed E-state index contributed by atoms with van der Waals surface area (Å²) in [7, 11) is 0. The van der Waals surface area contributed by atoms with Gasteiger partial charge in [0.25, 0.3) is 0 Å². The van der Waals surface area contributed by atoms with E-state index in [4.69, 9.17) is 4.74 Å². The van der Waals surface area contributed by atoms with Crippen LogP contribution in [0.4, 0.5) is 0 Å². The van der Waals surface area contributed by atoms with Crippen LogP contribution >= 0.6 is 0 Å². The maximum Gasteiger partial charge on any atom is 0.153 e. The fraction of sp³-hybridized carbons (Fsp3) is 0.941. The van der Waals surface area contributed by atoms with E-state index in [0.29, 0.717) is 11.7 Å². The molecular formula is C17H29NO2. The smallest absolute Gasteiger partial charge is 0.153 e. The highest BCUT2D eigenvalue weighted by molar-refractivity contribution is 5.88. The summed E-state index contributed by atoms with van der Waals surface area (Å²) in [4.78, 5) is 15.3. The number of nitrogens with zero attached hydrogens (tertiary/aromatic N) is 1. The van der Waals surface area contributed by atoms with Gasteiger partial charge in [-0.15, -0.1) is 0 Å². The molecule has 2 saturated carbocycles. The number of carbonyl (C=O) groups is 1. The van der Waals surface area contributed by atoms with Crippen molar-refractivity contribution in [3.63, 3.8) is 0 Å². The Kier molecular flexibility index (Phi) is 4.19. The first-order valence-corrected chi connectivity index (χ1v) is 8.49. The van der Waals surface area contributed by atoms with E-state index in [-0.39, 0.29) is 5.54 Å². The summed E-state index contributed by atoms with van der Waals surface area (Å²) < 4.78 is 5.44. The minimum Gasteiger partial charge on any atom is -0.379 e. The maximum atomic E-state index is 12.9. The standard InChI is InChI=1S/C17H29NO2/c1-3-17(2,18-6-8-20-9-7-18)16(19)12-15-11-13-4-5-14(15)10-13/h13-15H,3-12H2,1-2H3. The molecule has 3 fully saturated rings. The number of hydrogen-bond donors (Lipinski definition) is 0. The van der Waals surface area contributed by atoms with E-state index < -0.39 is 0 Å². The van der Waals surface area contributed by atoms with Gasteiger partial charge in [0.05, 0.1) is 18.8 Å². The second kappa shape index (κ2) is 5.76. The Morgan fingerprint density at radius 2 is 2.00 bits per heavy atom. The van der Waals surface area contributed by atoms with Crippen molar-refractivity contribution in [1.29, 1.82) is 0 Å². The molecule has 0 amide bonds. The lowest BCUT2D eigenvalue weighted by Gasteiger charge is -2.42. The lowest BCUT2D eigenvalue weighted by Crippen LogP contribution is -2.56. The summed E-state index contributed by atoms with van der Waals surface area (Å²) in [6.45, 7) is 7.69. The fourth-order valence-electron chi connectivity index (χ4n) is 4.74. The lowest BCUT2D eigenvalue weighted by molar-refractivity contribution is -0.135. The van der Waals surface area contributed by atoms with E-state index in [1.807, 2.05) is 0 Å². The normalized spacial score (nSPS) is 37.0. The SMILES string of the molecule is CCC(C)(C(=O)CC1CC2CCC1C2)N1CCOCC1. The van der Waals surface area contributed by atoms with Gasteiger partial charge in [-0.1, -0.05) is 13.3 Å². The van der Waals surface area contributed by atoms with Gasteiger partial charge in [-0.05, 0) is 50.4 Å². The van der Waals surface area contributed by atoms with E-state index in [1.165, 1.54) is 25.7 Å². The molecule has 0 radical (unpaired) electrons. The summed E-state index contributed by atoms with van der Waals surface area (Å²) in [6.07, 6.45) is 7.26. The lowest BCUT2D eigenvalue weighted by atomic mass is 9.79. The van der Waals surface area contributed by atoms with Crippen LogP contribution in [0.15, 0.2) is 0 Å². The van der Waals surface area contributed by atoms with E-state index >= 15 is 0 Å². The average molecular weight is 279 g/mol. The topological polar surface area (TPSA) is 29.5 Å². The highest BCUT2D eigenvalue weighted by atomic mass is 16.5. The Labute approximate surface area is 123 Å². The van der Waals surface area contributed by atoms with E-state index in [9.17, 15) is 4.79 Å². The first kappa shape index (κ1) is 14.5. The quantitative estimate of drug-likeness (QED) is 0.775. The number of hydrogen-bond acceptors (Lipinski definition) is 3. The number of Topliss-reactive ketones (excluding diaryl/α,β-unsaturated/α-hetero) is 1. The number of morpholine rings is 1. The molecule has 3 aliphatic rings. The van der Waals surface area contributed by atoms with Crippen LogP contribution < -0.4 is 0 Å². The van der Waals surface area contributed by atoms with Gasteiger partial charge >= 0.3 is 0 Å².